The highest BCUT2D eigenvalue weighted by Crippen LogP contribution is 2.43. The van der Waals surface area contributed by atoms with E-state index >= 15 is 0 Å². The molecule has 1 amide bonds. The lowest BCUT2D eigenvalue weighted by atomic mass is 9.97. The number of hydrogen-bond donors (Lipinski definition) is 6. The first-order valence-electron chi connectivity index (χ1n) is 16.0. The van der Waals surface area contributed by atoms with Crippen molar-refractivity contribution in [1.29, 1.82) is 5.41 Å². The normalized spacial score (nSPS) is 17.9. The zero-order chi connectivity index (χ0) is 34.6. The van der Waals surface area contributed by atoms with Crippen molar-refractivity contribution in [3.8, 4) is 0 Å². The van der Waals surface area contributed by atoms with E-state index in [9.17, 15) is 18.8 Å². The summed E-state index contributed by atoms with van der Waals surface area (Å²) >= 11 is 0. The van der Waals surface area contributed by atoms with Gasteiger partial charge in [0.25, 0.3) is 0 Å². The molecule has 0 spiro atoms. The summed E-state index contributed by atoms with van der Waals surface area (Å²) in [7, 11) is -3.22. The third-order valence-corrected chi connectivity index (χ3v) is 10.4. The molecule has 0 bridgehead atoms. The van der Waals surface area contributed by atoms with Crippen LogP contribution in [0.1, 0.15) is 57.8 Å². The van der Waals surface area contributed by atoms with Crippen LogP contribution in [0, 0.1) is 5.41 Å². The van der Waals surface area contributed by atoms with Gasteiger partial charge < -0.3 is 44.3 Å². The molecule has 0 saturated carbocycles. The van der Waals surface area contributed by atoms with Crippen molar-refractivity contribution in [2.75, 3.05) is 84.1 Å². The molecule has 0 radical (unpaired) electrons. The summed E-state index contributed by atoms with van der Waals surface area (Å²) in [6, 6.07) is 0.138. The van der Waals surface area contributed by atoms with Gasteiger partial charge in [-0.3, -0.25) is 23.8 Å². The standard InChI is InChI=1S/C26H54BN3O13P2S2/c27-24-8-7-23(43-24)22-42-45(35,36)41-19-18-39-17-16-38-15-14-37-13-11-29-25(28)6-5-20-46-47-21-9-26(31)30-10-3-1-2-4-12-40-44(32,33)34/h23-24H,1-22,27H2,(H2,28,29)(H,30,31)(H,35,36)(H2,32,33,34). The van der Waals surface area contributed by atoms with E-state index in [4.69, 9.17) is 43.2 Å². The predicted octanol–water partition coefficient (Wildman–Crippen LogP) is 2.21. The second-order valence-corrected chi connectivity index (χ2v) is 16.0. The quantitative estimate of drug-likeness (QED) is 0.0145. The summed E-state index contributed by atoms with van der Waals surface area (Å²) in [4.78, 5) is 38.8. The highest BCUT2D eigenvalue weighted by molar-refractivity contribution is 8.76. The summed E-state index contributed by atoms with van der Waals surface area (Å²) in [6.07, 6.45) is 6.49. The third kappa shape index (κ3) is 30.3. The number of phosphoric acid groups is 2. The first-order valence-corrected chi connectivity index (χ1v) is 21.5. The average Bonchev–Trinajstić information content (AvgIpc) is 3.43. The Balaban J connectivity index is 1.77. The molecule has 1 aliphatic rings. The second kappa shape index (κ2) is 28.5. The Bertz CT molecular complexity index is 929. The average molecular weight is 754 g/mol. The molecular formula is C26H54BN3O13P2S2. The van der Waals surface area contributed by atoms with Gasteiger partial charge in [0.1, 0.15) is 7.85 Å². The molecule has 1 saturated heterocycles. The maximum Gasteiger partial charge on any atom is 0.472 e. The molecule has 1 rings (SSSR count). The topological polar surface area (TPSA) is 224 Å². The molecule has 0 aliphatic carbocycles. The summed E-state index contributed by atoms with van der Waals surface area (Å²) < 4.78 is 58.4. The van der Waals surface area contributed by atoms with E-state index in [1.165, 1.54) is 0 Å². The van der Waals surface area contributed by atoms with E-state index in [2.05, 4.69) is 15.2 Å². The Kier molecular flexibility index (Phi) is 27.1. The number of ether oxygens (including phenoxy) is 4. The minimum atomic E-state index is -4.38. The lowest BCUT2D eigenvalue weighted by Crippen LogP contribution is -2.27. The number of phosphoric ester groups is 2. The Morgan fingerprint density at radius 3 is 2.11 bits per heavy atom. The molecule has 3 unspecified atom stereocenters. The lowest BCUT2D eigenvalue weighted by molar-refractivity contribution is -0.120. The van der Waals surface area contributed by atoms with Gasteiger partial charge in [0.15, 0.2) is 0 Å². The Labute approximate surface area is 287 Å². The highest BCUT2D eigenvalue weighted by Gasteiger charge is 2.27. The molecule has 1 aliphatic heterocycles. The smallest absolute Gasteiger partial charge is 0.382 e. The first kappa shape index (κ1) is 44.8. The molecule has 0 aromatic carbocycles. The summed E-state index contributed by atoms with van der Waals surface area (Å²) in [6.45, 7) is 3.17. The minimum absolute atomic E-state index is 0.0131. The summed E-state index contributed by atoms with van der Waals surface area (Å²) in [5.41, 5.74) is 0. The number of amidine groups is 1. The highest BCUT2D eigenvalue weighted by atomic mass is 33.1. The van der Waals surface area contributed by atoms with Crippen molar-refractivity contribution >= 4 is 56.8 Å². The molecule has 47 heavy (non-hydrogen) atoms. The van der Waals surface area contributed by atoms with E-state index in [0.29, 0.717) is 71.2 Å². The Morgan fingerprint density at radius 1 is 0.766 bits per heavy atom. The van der Waals surface area contributed by atoms with E-state index in [1.54, 1.807) is 21.6 Å². The molecule has 3 atom stereocenters. The number of carbonyl (C=O) groups excluding carboxylic acids is 1. The Morgan fingerprint density at radius 2 is 1.43 bits per heavy atom. The maximum atomic E-state index is 11.9. The van der Waals surface area contributed by atoms with E-state index in [0.717, 1.165) is 50.0 Å². The van der Waals surface area contributed by atoms with Gasteiger partial charge in [0.2, 0.25) is 5.91 Å². The van der Waals surface area contributed by atoms with Crippen LogP contribution in [0.2, 0.25) is 0 Å². The van der Waals surface area contributed by atoms with Crippen LogP contribution < -0.4 is 10.6 Å². The zero-order valence-electron chi connectivity index (χ0n) is 27.3. The zero-order valence-corrected chi connectivity index (χ0v) is 30.8. The molecule has 276 valence electrons. The van der Waals surface area contributed by atoms with Crippen molar-refractivity contribution < 1.29 is 61.1 Å². The summed E-state index contributed by atoms with van der Waals surface area (Å²) in [5.74, 6) is 2.08. The van der Waals surface area contributed by atoms with Crippen molar-refractivity contribution in [3.63, 3.8) is 0 Å². The van der Waals surface area contributed by atoms with Gasteiger partial charge in [-0.15, -0.1) is 0 Å². The van der Waals surface area contributed by atoms with Crippen molar-refractivity contribution in [2.24, 2.45) is 0 Å². The van der Waals surface area contributed by atoms with Crippen molar-refractivity contribution in [1.82, 2.24) is 10.6 Å². The van der Waals surface area contributed by atoms with E-state index in [1.807, 2.05) is 7.85 Å². The fourth-order valence-corrected chi connectivity index (χ4v) is 7.16. The molecule has 0 aromatic rings. The molecule has 0 aromatic heterocycles. The van der Waals surface area contributed by atoms with Gasteiger partial charge in [0.05, 0.1) is 71.4 Å². The number of amides is 1. The summed E-state index contributed by atoms with van der Waals surface area (Å²) in [5, 5.41) is 13.9. The van der Waals surface area contributed by atoms with Crippen molar-refractivity contribution in [2.45, 2.75) is 69.9 Å². The van der Waals surface area contributed by atoms with Crippen LogP contribution in [0.5, 0.6) is 0 Å². The fraction of sp³-hybridized carbons (Fsp3) is 0.923. The number of rotatable bonds is 32. The number of unbranched alkanes of at least 4 members (excludes halogenated alkanes) is 3. The van der Waals surface area contributed by atoms with Crippen LogP contribution in [-0.2, 0) is 46.4 Å². The Hall–Kier alpha value is -0.235. The van der Waals surface area contributed by atoms with Gasteiger partial charge in [-0.2, -0.15) is 0 Å². The molecule has 21 heteroatoms. The van der Waals surface area contributed by atoms with Gasteiger partial charge in [-0.1, -0.05) is 34.4 Å². The van der Waals surface area contributed by atoms with Gasteiger partial charge in [0, 0.05) is 43.4 Å². The molecular weight excluding hydrogens is 699 g/mol. The van der Waals surface area contributed by atoms with Crippen LogP contribution >= 0.6 is 37.2 Å². The molecule has 16 nitrogen and oxygen atoms in total. The van der Waals surface area contributed by atoms with E-state index in [-0.39, 0.29) is 44.4 Å². The minimum Gasteiger partial charge on any atom is -0.382 e. The van der Waals surface area contributed by atoms with Crippen LogP contribution in [0.4, 0.5) is 0 Å². The van der Waals surface area contributed by atoms with Crippen LogP contribution in [0.3, 0.4) is 0 Å². The first-order chi connectivity index (χ1) is 22.5. The SMILES string of the molecule is BC1CCC(COP(=O)(O)OCCOCCOCCOCCNC(=N)CCCSSCCC(=O)NCCCCCCOP(=O)(O)O)O1. The molecule has 6 N–H and O–H groups in total. The predicted molar refractivity (Wildman–Crippen MR) is 185 cm³/mol. The van der Waals surface area contributed by atoms with Gasteiger partial charge >= 0.3 is 15.6 Å². The molecule has 1 fully saturated rings. The van der Waals surface area contributed by atoms with Crippen molar-refractivity contribution in [3.05, 3.63) is 0 Å². The van der Waals surface area contributed by atoms with Gasteiger partial charge in [-0.25, -0.2) is 9.13 Å². The van der Waals surface area contributed by atoms with Crippen LogP contribution in [0.25, 0.3) is 0 Å². The maximum absolute atomic E-state index is 11.9. The number of nitrogens with one attached hydrogen (secondary N) is 3. The monoisotopic (exact) mass is 753 g/mol. The largest absolute Gasteiger partial charge is 0.472 e. The number of carbonyl (C=O) groups is 1. The van der Waals surface area contributed by atoms with E-state index < -0.39 is 15.6 Å². The van der Waals surface area contributed by atoms with Crippen LogP contribution in [-0.4, -0.2) is 130 Å². The lowest BCUT2D eigenvalue weighted by Gasteiger charge is -2.15. The number of hydrogen-bond acceptors (Lipinski definition) is 13. The second-order valence-electron chi connectivity index (χ2n) is 10.6. The van der Waals surface area contributed by atoms with Gasteiger partial charge in [-0.05, 0) is 32.1 Å². The third-order valence-electron chi connectivity index (χ3n) is 6.36. The molecule has 1 heterocycles. The van der Waals surface area contributed by atoms with Crippen LogP contribution in [0.15, 0.2) is 0 Å². The fourth-order valence-electron chi connectivity index (χ4n) is 3.98.